The molecule has 8 nitrogen and oxygen atoms in total. The molecule has 3 aromatic heterocycles. The fourth-order valence-corrected chi connectivity index (χ4v) is 8.86. The highest BCUT2D eigenvalue weighted by molar-refractivity contribution is 7.92. The lowest BCUT2D eigenvalue weighted by Gasteiger charge is -2.37. The Morgan fingerprint density at radius 1 is 1.07 bits per heavy atom. The smallest absolute Gasteiger partial charge is 0.155 e. The van der Waals surface area contributed by atoms with E-state index >= 15 is 0 Å². The van der Waals surface area contributed by atoms with Crippen molar-refractivity contribution in [3.05, 3.63) is 82.7 Å². The molecule has 2 aliphatic carbocycles. The maximum atomic E-state index is 14.6. The zero-order chi connectivity index (χ0) is 28.0. The molecule has 1 saturated heterocycles. The van der Waals surface area contributed by atoms with Gasteiger partial charge in [0.05, 0.1) is 39.6 Å². The van der Waals surface area contributed by atoms with Crippen LogP contribution in [0.15, 0.2) is 42.7 Å². The van der Waals surface area contributed by atoms with E-state index in [4.69, 9.17) is 4.98 Å². The van der Waals surface area contributed by atoms with E-state index in [0.29, 0.717) is 18.1 Å². The number of aryl methyl sites for hydroxylation is 1. The second kappa shape index (κ2) is 8.45. The number of hydrogen-bond donors (Lipinski definition) is 0. The third-order valence-corrected chi connectivity index (χ3v) is 11.2. The molecule has 206 valence electrons. The number of hydrogen-bond acceptors (Lipinski definition) is 7. The minimum Gasteiger partial charge on any atom is -0.233 e. The van der Waals surface area contributed by atoms with Crippen LogP contribution in [0.1, 0.15) is 60.9 Å². The van der Waals surface area contributed by atoms with Crippen molar-refractivity contribution in [2.24, 2.45) is 11.3 Å². The molecule has 1 aliphatic heterocycles. The first kappa shape index (κ1) is 25.4. The van der Waals surface area contributed by atoms with Crippen LogP contribution in [0.5, 0.6) is 0 Å². The van der Waals surface area contributed by atoms with Crippen LogP contribution >= 0.6 is 0 Å². The number of benzene rings is 1. The van der Waals surface area contributed by atoms with Gasteiger partial charge in [-0.2, -0.15) is 5.10 Å². The van der Waals surface area contributed by atoms with Gasteiger partial charge in [0.15, 0.2) is 21.5 Å². The molecule has 0 amide bonds. The normalized spacial score (nSPS) is 24.2. The first-order chi connectivity index (χ1) is 19.0. The van der Waals surface area contributed by atoms with Crippen LogP contribution in [0, 0.1) is 29.9 Å². The van der Waals surface area contributed by atoms with Crippen molar-refractivity contribution in [2.45, 2.75) is 51.4 Å². The average molecular weight is 563 g/mol. The van der Waals surface area contributed by atoms with Crippen LogP contribution in [0.4, 0.5) is 8.78 Å². The van der Waals surface area contributed by atoms with Gasteiger partial charge in [-0.05, 0) is 78.5 Å². The van der Waals surface area contributed by atoms with Crippen molar-refractivity contribution in [3.63, 3.8) is 0 Å². The Labute approximate surface area is 230 Å². The van der Waals surface area contributed by atoms with E-state index in [0.717, 1.165) is 35.4 Å². The molecule has 11 heteroatoms. The topological polar surface area (TPSA) is 104 Å². The van der Waals surface area contributed by atoms with E-state index < -0.39 is 26.9 Å². The predicted molar refractivity (Wildman–Crippen MR) is 144 cm³/mol. The number of sulfone groups is 1. The molecule has 2 bridgehead atoms. The zero-order valence-electron chi connectivity index (χ0n) is 22.4. The lowest BCUT2D eigenvalue weighted by molar-refractivity contribution is 0.242. The average Bonchev–Trinajstić information content (AvgIpc) is 3.50. The standard InChI is InChI=1S/C29H28F2N6O2S/c1-16-9-23(33-25(10-16)37-15-32-24(36-37)11-17-13-40(38,39)14-17)29-8-7-19(28(29,2)3)18-12-22(34-35-27(18)29)26-20(30)5-4-6-21(26)31/h4-6,9-10,12,15,17,19H,7-8,11,13-14H2,1-3H3/t19-,29-/m0/s1. The summed E-state index contributed by atoms with van der Waals surface area (Å²) in [5.41, 5.74) is 2.87. The van der Waals surface area contributed by atoms with Crippen LogP contribution < -0.4 is 0 Å². The fourth-order valence-electron chi connectivity index (χ4n) is 7.29. The third kappa shape index (κ3) is 3.59. The van der Waals surface area contributed by atoms with Crippen LogP contribution in [0.25, 0.3) is 17.1 Å². The van der Waals surface area contributed by atoms with Crippen molar-refractivity contribution in [1.82, 2.24) is 29.9 Å². The number of halogens is 2. The molecule has 0 N–H and O–H groups in total. The van der Waals surface area contributed by atoms with Gasteiger partial charge in [0.25, 0.3) is 0 Å². The van der Waals surface area contributed by atoms with Gasteiger partial charge in [-0.3, -0.25) is 0 Å². The van der Waals surface area contributed by atoms with Crippen LogP contribution in [0.3, 0.4) is 0 Å². The lowest BCUT2D eigenvalue weighted by Crippen LogP contribution is -2.38. The third-order valence-electron chi connectivity index (χ3n) is 9.22. The summed E-state index contributed by atoms with van der Waals surface area (Å²) >= 11 is 0. The summed E-state index contributed by atoms with van der Waals surface area (Å²) in [7, 11) is -2.90. The van der Waals surface area contributed by atoms with E-state index in [1.807, 2.05) is 13.0 Å². The van der Waals surface area contributed by atoms with Gasteiger partial charge < -0.3 is 0 Å². The molecule has 0 spiro atoms. The van der Waals surface area contributed by atoms with E-state index in [-0.39, 0.29) is 40.0 Å². The Bertz CT molecular complexity index is 1770. The summed E-state index contributed by atoms with van der Waals surface area (Å²) in [5, 5.41) is 13.6. The summed E-state index contributed by atoms with van der Waals surface area (Å²) < 4.78 is 53.9. The molecule has 1 aromatic carbocycles. The number of rotatable bonds is 5. The minimum absolute atomic E-state index is 0.0493. The van der Waals surface area contributed by atoms with Gasteiger partial charge in [-0.1, -0.05) is 19.9 Å². The van der Waals surface area contributed by atoms with E-state index in [2.05, 4.69) is 40.2 Å². The largest absolute Gasteiger partial charge is 0.233 e. The number of nitrogens with zero attached hydrogens (tertiary/aromatic N) is 6. The zero-order valence-corrected chi connectivity index (χ0v) is 23.2. The number of fused-ring (bicyclic) bond motifs is 5. The van der Waals surface area contributed by atoms with Gasteiger partial charge >= 0.3 is 0 Å². The second-order valence-electron chi connectivity index (χ2n) is 12.0. The first-order valence-corrected chi connectivity index (χ1v) is 15.2. The highest BCUT2D eigenvalue weighted by atomic mass is 32.2. The van der Waals surface area contributed by atoms with Crippen molar-refractivity contribution >= 4 is 9.84 Å². The summed E-state index contributed by atoms with van der Waals surface area (Å²) in [6.45, 7) is 6.42. The number of aromatic nitrogens is 6. The van der Waals surface area contributed by atoms with E-state index in [1.54, 1.807) is 17.1 Å². The quantitative estimate of drug-likeness (QED) is 0.353. The summed E-state index contributed by atoms with van der Waals surface area (Å²) in [6.07, 6.45) is 3.85. The van der Waals surface area contributed by atoms with Crippen molar-refractivity contribution in [1.29, 1.82) is 0 Å². The Hall–Kier alpha value is -3.60. The Morgan fingerprint density at radius 3 is 2.55 bits per heavy atom. The molecule has 1 saturated carbocycles. The molecule has 7 rings (SSSR count). The molecule has 0 unspecified atom stereocenters. The van der Waals surface area contributed by atoms with Gasteiger partial charge in [-0.15, -0.1) is 10.2 Å². The molecule has 4 aromatic rings. The van der Waals surface area contributed by atoms with Gasteiger partial charge in [0.1, 0.15) is 18.0 Å². The molecule has 4 heterocycles. The fraction of sp³-hybridized carbons (Fsp3) is 0.414. The van der Waals surface area contributed by atoms with E-state index in [9.17, 15) is 17.2 Å². The van der Waals surface area contributed by atoms with Gasteiger partial charge in [-0.25, -0.2) is 31.8 Å². The Balaban J connectivity index is 1.29. The molecule has 0 radical (unpaired) electrons. The minimum atomic E-state index is -2.90. The maximum Gasteiger partial charge on any atom is 0.155 e. The molecular weight excluding hydrogens is 534 g/mol. The highest BCUT2D eigenvalue weighted by Crippen LogP contribution is 2.69. The molecule has 2 atom stereocenters. The lowest BCUT2D eigenvalue weighted by atomic mass is 9.66. The molecular formula is C29H28F2N6O2S. The Kier molecular flexibility index (Phi) is 5.36. The second-order valence-corrected chi connectivity index (χ2v) is 14.1. The monoisotopic (exact) mass is 562 g/mol. The van der Waals surface area contributed by atoms with Crippen molar-refractivity contribution in [3.8, 4) is 17.1 Å². The molecule has 2 fully saturated rings. The summed E-state index contributed by atoms with van der Waals surface area (Å²) in [6, 6.07) is 9.62. The number of pyridine rings is 1. The summed E-state index contributed by atoms with van der Waals surface area (Å²) in [4.78, 5) is 9.50. The van der Waals surface area contributed by atoms with Gasteiger partial charge in [0, 0.05) is 6.42 Å². The SMILES string of the molecule is Cc1cc(-n2cnc(CC3CS(=O)(=O)C3)n2)nc([C@@]23CC[C@@H](c4cc(-c5c(F)cccc5F)nnc42)C3(C)C)c1. The van der Waals surface area contributed by atoms with Crippen LogP contribution in [-0.2, 0) is 21.7 Å². The van der Waals surface area contributed by atoms with Crippen LogP contribution in [-0.4, -0.2) is 49.9 Å². The highest BCUT2D eigenvalue weighted by Gasteiger charge is 2.65. The molecule has 40 heavy (non-hydrogen) atoms. The van der Waals surface area contributed by atoms with Crippen molar-refractivity contribution in [2.75, 3.05) is 11.5 Å². The van der Waals surface area contributed by atoms with Crippen molar-refractivity contribution < 1.29 is 17.2 Å². The predicted octanol–water partition coefficient (Wildman–Crippen LogP) is 4.50. The maximum absolute atomic E-state index is 14.6. The van der Waals surface area contributed by atoms with Gasteiger partial charge in [0.2, 0.25) is 0 Å². The Morgan fingerprint density at radius 2 is 1.82 bits per heavy atom. The van der Waals surface area contributed by atoms with Crippen LogP contribution in [0.2, 0.25) is 0 Å². The van der Waals surface area contributed by atoms with E-state index in [1.165, 1.54) is 18.2 Å². The summed E-state index contributed by atoms with van der Waals surface area (Å²) in [5.74, 6) is 0.425. The molecule has 3 aliphatic rings. The first-order valence-electron chi connectivity index (χ1n) is 13.4.